The lowest BCUT2D eigenvalue weighted by Gasteiger charge is -2.55. The van der Waals surface area contributed by atoms with Crippen LogP contribution in [0.25, 0.3) is 0 Å². The van der Waals surface area contributed by atoms with Gasteiger partial charge in [-0.2, -0.15) is 0 Å². The number of benzene rings is 2. The number of carbonyl (C=O) groups excluding carboxylic acids is 1. The van der Waals surface area contributed by atoms with Crippen molar-refractivity contribution in [3.05, 3.63) is 89.5 Å². The quantitative estimate of drug-likeness (QED) is 0.339. The summed E-state index contributed by atoms with van der Waals surface area (Å²) in [6.45, 7) is 7.05. The summed E-state index contributed by atoms with van der Waals surface area (Å²) in [6.07, 6.45) is 12.0. The van der Waals surface area contributed by atoms with E-state index in [1.54, 1.807) is 17.7 Å². The molecule has 0 heterocycles. The van der Waals surface area contributed by atoms with Crippen LogP contribution in [-0.2, 0) is 14.6 Å². The summed E-state index contributed by atoms with van der Waals surface area (Å²) in [7, 11) is -3.30. The maximum absolute atomic E-state index is 13.2. The molecule has 5 heteroatoms. The molecule has 0 radical (unpaired) electrons. The Kier molecular flexibility index (Phi) is 7.09. The third kappa shape index (κ3) is 4.68. The predicted octanol–water partition coefficient (Wildman–Crippen LogP) is 7.82. The molecule has 0 unspecified atom stereocenters. The van der Waals surface area contributed by atoms with Crippen molar-refractivity contribution in [1.82, 2.24) is 0 Å². The molecule has 0 N–H and O–H groups in total. The van der Waals surface area contributed by atoms with E-state index in [4.69, 9.17) is 4.74 Å². The van der Waals surface area contributed by atoms with Gasteiger partial charge in [0.1, 0.15) is 6.10 Å². The maximum atomic E-state index is 13.2. The number of carbonyl (C=O) groups is 1. The van der Waals surface area contributed by atoms with Crippen molar-refractivity contribution in [3.8, 4) is 0 Å². The Balaban J connectivity index is 1.18. The minimum Gasteiger partial charge on any atom is -0.458 e. The number of hydrogen-bond donors (Lipinski definition) is 0. The standard InChI is InChI=1S/C35H42O4S/c1-24(23-40(37,38)28-12-8-5-9-13-28)30-16-17-31-29-15-14-26-22-27(39-33(36)25-10-6-4-7-11-25)18-20-34(26,2)32(29)19-21-35(30,31)3/h4-15,24,27,30-32H,16-23H2,1-3H3/t24-,27+,30-,31+,32+,34+,35-/m1/s1. The van der Waals surface area contributed by atoms with E-state index in [0.717, 1.165) is 44.9 Å². The molecule has 0 saturated heterocycles. The van der Waals surface area contributed by atoms with Crippen LogP contribution in [0, 0.1) is 34.5 Å². The number of rotatable bonds is 6. The number of allylic oxidation sites excluding steroid dienone is 3. The summed E-state index contributed by atoms with van der Waals surface area (Å²) in [5, 5.41) is 0. The fourth-order valence-corrected chi connectivity index (χ4v) is 10.7. The topological polar surface area (TPSA) is 60.4 Å². The Bertz CT molecular complexity index is 1430. The molecule has 0 amide bonds. The van der Waals surface area contributed by atoms with Crippen molar-refractivity contribution in [2.75, 3.05) is 5.75 Å². The highest BCUT2D eigenvalue weighted by Crippen LogP contribution is 2.66. The molecule has 0 aliphatic heterocycles. The smallest absolute Gasteiger partial charge is 0.338 e. The first-order chi connectivity index (χ1) is 19.1. The second-order valence-electron chi connectivity index (χ2n) is 13.3. The van der Waals surface area contributed by atoms with Crippen LogP contribution in [0.1, 0.15) is 76.1 Å². The fourth-order valence-electron chi connectivity index (χ4n) is 9.02. The SMILES string of the molecule is C[C@H](CS(=O)(=O)c1ccccc1)[C@H]1CC[C@H]2C3=CC=C4C[C@@H](OC(=O)c5ccccc5)CC[C@]4(C)[C@H]3CC[C@]12C. The molecule has 40 heavy (non-hydrogen) atoms. The van der Waals surface area contributed by atoms with Gasteiger partial charge in [0.05, 0.1) is 16.2 Å². The van der Waals surface area contributed by atoms with Gasteiger partial charge in [-0.3, -0.25) is 0 Å². The number of sulfone groups is 1. The van der Waals surface area contributed by atoms with Crippen LogP contribution in [0.5, 0.6) is 0 Å². The van der Waals surface area contributed by atoms with Crippen LogP contribution < -0.4 is 0 Å². The highest BCUT2D eigenvalue weighted by atomic mass is 32.2. The summed E-state index contributed by atoms with van der Waals surface area (Å²) >= 11 is 0. The van der Waals surface area contributed by atoms with E-state index in [2.05, 4.69) is 32.9 Å². The lowest BCUT2D eigenvalue weighted by molar-refractivity contribution is 0.00646. The number of fused-ring (bicyclic) bond motifs is 5. The van der Waals surface area contributed by atoms with Gasteiger partial charge in [-0.25, -0.2) is 13.2 Å². The average molecular weight is 559 g/mol. The van der Waals surface area contributed by atoms with Crippen LogP contribution >= 0.6 is 0 Å². The van der Waals surface area contributed by atoms with Gasteiger partial charge in [0.15, 0.2) is 9.84 Å². The molecule has 4 aliphatic carbocycles. The first-order valence-electron chi connectivity index (χ1n) is 15.1. The van der Waals surface area contributed by atoms with Crippen molar-refractivity contribution in [2.24, 2.45) is 34.5 Å². The molecule has 0 aromatic heterocycles. The van der Waals surface area contributed by atoms with Crippen molar-refractivity contribution < 1.29 is 17.9 Å². The Morgan fingerprint density at radius 2 is 1.60 bits per heavy atom. The van der Waals surface area contributed by atoms with E-state index in [1.807, 2.05) is 48.5 Å². The molecule has 2 aromatic carbocycles. The fraction of sp³-hybridized carbons (Fsp3) is 0.514. The molecule has 6 rings (SSSR count). The molecule has 3 saturated carbocycles. The second kappa shape index (κ2) is 10.3. The maximum Gasteiger partial charge on any atom is 0.338 e. The van der Waals surface area contributed by atoms with Gasteiger partial charge in [0.2, 0.25) is 0 Å². The third-order valence-corrected chi connectivity index (χ3v) is 13.1. The predicted molar refractivity (Wildman–Crippen MR) is 158 cm³/mol. The largest absolute Gasteiger partial charge is 0.458 e. The highest BCUT2D eigenvalue weighted by Gasteiger charge is 2.57. The Morgan fingerprint density at radius 1 is 0.900 bits per heavy atom. The molecule has 4 aliphatic rings. The lowest BCUT2D eigenvalue weighted by Crippen LogP contribution is -2.47. The molecule has 3 fully saturated rings. The van der Waals surface area contributed by atoms with Crippen LogP contribution in [0.4, 0.5) is 0 Å². The Labute approximate surface area is 239 Å². The number of hydrogen-bond acceptors (Lipinski definition) is 4. The number of ether oxygens (including phenoxy) is 1. The summed E-state index contributed by atoms with van der Waals surface area (Å²) in [5.41, 5.74) is 3.89. The van der Waals surface area contributed by atoms with Crippen LogP contribution in [-0.4, -0.2) is 26.2 Å². The summed E-state index contributed by atoms with van der Waals surface area (Å²) in [6, 6.07) is 18.2. The van der Waals surface area contributed by atoms with Crippen molar-refractivity contribution in [1.29, 1.82) is 0 Å². The van der Waals surface area contributed by atoms with Crippen LogP contribution in [0.15, 0.2) is 88.9 Å². The van der Waals surface area contributed by atoms with Gasteiger partial charge < -0.3 is 4.74 Å². The molecule has 2 aromatic rings. The first-order valence-corrected chi connectivity index (χ1v) is 16.7. The highest BCUT2D eigenvalue weighted by molar-refractivity contribution is 7.91. The molecule has 4 nitrogen and oxygen atoms in total. The van der Waals surface area contributed by atoms with Gasteiger partial charge in [-0.15, -0.1) is 0 Å². The zero-order valence-electron chi connectivity index (χ0n) is 24.0. The van der Waals surface area contributed by atoms with Crippen molar-refractivity contribution >= 4 is 15.8 Å². The minimum absolute atomic E-state index is 0.0703. The van der Waals surface area contributed by atoms with Crippen molar-refractivity contribution in [2.45, 2.75) is 76.7 Å². The van der Waals surface area contributed by atoms with Crippen LogP contribution in [0.3, 0.4) is 0 Å². The molecule has 7 atom stereocenters. The van der Waals surface area contributed by atoms with E-state index >= 15 is 0 Å². The summed E-state index contributed by atoms with van der Waals surface area (Å²) in [4.78, 5) is 13.1. The van der Waals surface area contributed by atoms with E-state index in [9.17, 15) is 13.2 Å². The van der Waals surface area contributed by atoms with E-state index in [0.29, 0.717) is 28.2 Å². The molecular formula is C35H42O4S. The zero-order chi connectivity index (χ0) is 28.1. The van der Waals surface area contributed by atoms with Gasteiger partial charge in [0, 0.05) is 6.42 Å². The summed E-state index contributed by atoms with van der Waals surface area (Å²) < 4.78 is 32.4. The monoisotopic (exact) mass is 558 g/mol. The molecule has 212 valence electrons. The molecular weight excluding hydrogens is 516 g/mol. The van der Waals surface area contributed by atoms with Crippen molar-refractivity contribution in [3.63, 3.8) is 0 Å². The zero-order valence-corrected chi connectivity index (χ0v) is 24.8. The Hall–Kier alpha value is -2.66. The van der Waals surface area contributed by atoms with E-state index in [1.165, 1.54) is 5.57 Å². The number of esters is 1. The Morgan fingerprint density at radius 3 is 2.33 bits per heavy atom. The van der Waals surface area contributed by atoms with Gasteiger partial charge in [-0.05, 0) is 97.3 Å². The average Bonchev–Trinajstić information content (AvgIpc) is 3.31. The van der Waals surface area contributed by atoms with E-state index < -0.39 is 9.84 Å². The third-order valence-electron chi connectivity index (χ3n) is 11.2. The van der Waals surface area contributed by atoms with Gasteiger partial charge in [0.25, 0.3) is 0 Å². The first kappa shape index (κ1) is 27.5. The molecule has 0 bridgehead atoms. The summed E-state index contributed by atoms with van der Waals surface area (Å²) in [5.74, 6) is 1.56. The normalized spacial score (nSPS) is 34.0. The van der Waals surface area contributed by atoms with Gasteiger partial charge in [-0.1, -0.05) is 80.5 Å². The second-order valence-corrected chi connectivity index (χ2v) is 15.4. The lowest BCUT2D eigenvalue weighted by atomic mass is 9.50. The van der Waals surface area contributed by atoms with E-state index in [-0.39, 0.29) is 34.6 Å². The molecule has 0 spiro atoms. The van der Waals surface area contributed by atoms with Crippen LogP contribution in [0.2, 0.25) is 0 Å². The minimum atomic E-state index is -3.30. The van der Waals surface area contributed by atoms with Gasteiger partial charge >= 0.3 is 5.97 Å².